The number of rotatable bonds is 2. The Balaban J connectivity index is 2.68. The second kappa shape index (κ2) is 3.91. The normalized spacial score (nSPS) is 10.1. The van der Waals surface area contributed by atoms with Crippen molar-refractivity contribution in [3.63, 3.8) is 0 Å². The van der Waals surface area contributed by atoms with Crippen LogP contribution in [0.25, 0.3) is 5.13 Å². The standard InChI is InChI=1S/C11H9N3OS/c1-7-6-16-11(13-7)14-8(2)9(4-12)3-10(14)5-15/h3,5-6H,1-2H3. The van der Waals surface area contributed by atoms with Crippen molar-refractivity contribution in [2.45, 2.75) is 13.8 Å². The van der Waals surface area contributed by atoms with Crippen LogP contribution in [0.1, 0.15) is 27.4 Å². The van der Waals surface area contributed by atoms with Crippen LogP contribution in [0.5, 0.6) is 0 Å². The van der Waals surface area contributed by atoms with Gasteiger partial charge in [-0.25, -0.2) is 4.98 Å². The maximum absolute atomic E-state index is 10.9. The molecule has 4 nitrogen and oxygen atoms in total. The molecule has 2 aromatic heterocycles. The number of aromatic nitrogens is 2. The van der Waals surface area contributed by atoms with Gasteiger partial charge < -0.3 is 0 Å². The summed E-state index contributed by atoms with van der Waals surface area (Å²) in [6.07, 6.45) is 0.741. The van der Waals surface area contributed by atoms with Crippen molar-refractivity contribution in [1.29, 1.82) is 5.26 Å². The SMILES string of the molecule is Cc1csc(-n2c(C=O)cc(C#N)c2C)n1. The fourth-order valence-corrected chi connectivity index (χ4v) is 2.40. The third-order valence-corrected chi connectivity index (χ3v) is 3.26. The van der Waals surface area contributed by atoms with E-state index in [1.165, 1.54) is 11.3 Å². The van der Waals surface area contributed by atoms with Crippen LogP contribution in [0.3, 0.4) is 0 Å². The Bertz CT molecular complexity index is 589. The predicted molar refractivity (Wildman–Crippen MR) is 61.0 cm³/mol. The molecule has 0 aromatic carbocycles. The van der Waals surface area contributed by atoms with E-state index in [0.29, 0.717) is 11.3 Å². The number of carbonyl (C=O) groups is 1. The van der Waals surface area contributed by atoms with Crippen molar-refractivity contribution in [3.8, 4) is 11.2 Å². The summed E-state index contributed by atoms with van der Waals surface area (Å²) >= 11 is 1.45. The highest BCUT2D eigenvalue weighted by atomic mass is 32.1. The lowest BCUT2D eigenvalue weighted by Gasteiger charge is -2.02. The summed E-state index contributed by atoms with van der Waals surface area (Å²) in [5, 5.41) is 11.5. The number of aldehydes is 1. The Labute approximate surface area is 96.8 Å². The first-order valence-electron chi connectivity index (χ1n) is 4.67. The number of hydrogen-bond acceptors (Lipinski definition) is 4. The molecule has 0 aliphatic carbocycles. The maximum Gasteiger partial charge on any atom is 0.194 e. The summed E-state index contributed by atoms with van der Waals surface area (Å²) in [7, 11) is 0. The van der Waals surface area contributed by atoms with E-state index >= 15 is 0 Å². The average molecular weight is 231 g/mol. The van der Waals surface area contributed by atoms with E-state index in [1.807, 2.05) is 19.2 Å². The van der Waals surface area contributed by atoms with Crippen LogP contribution in [0.2, 0.25) is 0 Å². The molecule has 2 aromatic rings. The highest BCUT2D eigenvalue weighted by molar-refractivity contribution is 7.12. The van der Waals surface area contributed by atoms with Gasteiger partial charge in [0.05, 0.1) is 17.0 Å². The molecule has 0 amide bonds. The first-order chi connectivity index (χ1) is 7.67. The van der Waals surface area contributed by atoms with Gasteiger partial charge in [0.2, 0.25) is 0 Å². The summed E-state index contributed by atoms with van der Waals surface area (Å²) in [5.74, 6) is 0. The zero-order valence-electron chi connectivity index (χ0n) is 8.89. The Morgan fingerprint density at radius 2 is 2.31 bits per heavy atom. The van der Waals surface area contributed by atoms with Crippen LogP contribution in [-0.2, 0) is 0 Å². The van der Waals surface area contributed by atoms with E-state index in [1.54, 1.807) is 10.6 Å². The molecule has 80 valence electrons. The minimum atomic E-state index is 0.461. The third kappa shape index (κ3) is 1.53. The van der Waals surface area contributed by atoms with E-state index in [9.17, 15) is 4.79 Å². The van der Waals surface area contributed by atoms with Crippen molar-refractivity contribution >= 4 is 17.6 Å². The van der Waals surface area contributed by atoms with Gasteiger partial charge in [0.1, 0.15) is 6.07 Å². The molecule has 0 aliphatic heterocycles. The minimum absolute atomic E-state index is 0.461. The number of carbonyl (C=O) groups excluding carboxylic acids is 1. The molecule has 0 saturated carbocycles. The van der Waals surface area contributed by atoms with E-state index in [2.05, 4.69) is 11.1 Å². The molecular weight excluding hydrogens is 222 g/mol. The summed E-state index contributed by atoms with van der Waals surface area (Å²) in [6.45, 7) is 3.70. The summed E-state index contributed by atoms with van der Waals surface area (Å²) in [5.41, 5.74) is 2.63. The molecule has 2 rings (SSSR count). The van der Waals surface area contributed by atoms with Gasteiger partial charge in [-0.3, -0.25) is 9.36 Å². The Morgan fingerprint density at radius 1 is 1.56 bits per heavy atom. The van der Waals surface area contributed by atoms with Gasteiger partial charge >= 0.3 is 0 Å². The Hall–Kier alpha value is -1.93. The van der Waals surface area contributed by atoms with Crippen LogP contribution >= 0.6 is 11.3 Å². The summed E-state index contributed by atoms with van der Waals surface area (Å²) < 4.78 is 1.71. The van der Waals surface area contributed by atoms with E-state index < -0.39 is 0 Å². The molecule has 0 radical (unpaired) electrons. The van der Waals surface area contributed by atoms with Crippen LogP contribution in [-0.4, -0.2) is 15.8 Å². The lowest BCUT2D eigenvalue weighted by Crippen LogP contribution is -2.00. The molecule has 2 heterocycles. The van der Waals surface area contributed by atoms with Gasteiger partial charge in [0, 0.05) is 11.1 Å². The first kappa shape index (κ1) is 10.6. The largest absolute Gasteiger partial charge is 0.296 e. The highest BCUT2D eigenvalue weighted by Crippen LogP contribution is 2.22. The molecule has 0 bridgehead atoms. The molecule has 0 N–H and O–H groups in total. The van der Waals surface area contributed by atoms with Crippen molar-refractivity contribution in [2.75, 3.05) is 0 Å². The topological polar surface area (TPSA) is 58.7 Å². The quantitative estimate of drug-likeness (QED) is 0.745. The summed E-state index contributed by atoms with van der Waals surface area (Å²) in [4.78, 5) is 15.2. The zero-order valence-corrected chi connectivity index (χ0v) is 9.71. The van der Waals surface area contributed by atoms with Crippen molar-refractivity contribution in [1.82, 2.24) is 9.55 Å². The van der Waals surface area contributed by atoms with Gasteiger partial charge in [0.25, 0.3) is 0 Å². The molecule has 0 saturated heterocycles. The Morgan fingerprint density at radius 3 is 2.81 bits per heavy atom. The van der Waals surface area contributed by atoms with Crippen molar-refractivity contribution in [3.05, 3.63) is 34.1 Å². The van der Waals surface area contributed by atoms with Crippen LogP contribution in [0.4, 0.5) is 0 Å². The predicted octanol–water partition coefficient (Wildman–Crippen LogP) is 2.23. The number of hydrogen-bond donors (Lipinski definition) is 0. The van der Waals surface area contributed by atoms with E-state index in [0.717, 1.165) is 22.8 Å². The van der Waals surface area contributed by atoms with Crippen molar-refractivity contribution < 1.29 is 4.79 Å². The Kier molecular flexibility index (Phi) is 2.59. The van der Waals surface area contributed by atoms with Gasteiger partial charge in [0.15, 0.2) is 11.4 Å². The first-order valence-corrected chi connectivity index (χ1v) is 5.55. The van der Waals surface area contributed by atoms with E-state index in [4.69, 9.17) is 5.26 Å². The van der Waals surface area contributed by atoms with Crippen LogP contribution < -0.4 is 0 Å². The fourth-order valence-electron chi connectivity index (χ4n) is 1.53. The van der Waals surface area contributed by atoms with Gasteiger partial charge in [-0.1, -0.05) is 0 Å². The fraction of sp³-hybridized carbons (Fsp3) is 0.182. The smallest absolute Gasteiger partial charge is 0.194 e. The monoisotopic (exact) mass is 231 g/mol. The van der Waals surface area contributed by atoms with Crippen molar-refractivity contribution in [2.24, 2.45) is 0 Å². The average Bonchev–Trinajstić information content (AvgIpc) is 2.82. The van der Waals surface area contributed by atoms with Gasteiger partial charge in [-0.2, -0.15) is 5.26 Å². The van der Waals surface area contributed by atoms with Crippen LogP contribution in [0.15, 0.2) is 11.4 Å². The molecule has 16 heavy (non-hydrogen) atoms. The second-order valence-electron chi connectivity index (χ2n) is 3.40. The van der Waals surface area contributed by atoms with Gasteiger partial charge in [-0.15, -0.1) is 11.3 Å². The number of nitrogens with zero attached hydrogens (tertiary/aromatic N) is 3. The van der Waals surface area contributed by atoms with Gasteiger partial charge in [-0.05, 0) is 19.9 Å². The lowest BCUT2D eigenvalue weighted by atomic mass is 10.3. The second-order valence-corrected chi connectivity index (χ2v) is 4.24. The number of nitriles is 1. The minimum Gasteiger partial charge on any atom is -0.296 e. The summed E-state index contributed by atoms with van der Waals surface area (Å²) in [6, 6.07) is 3.65. The molecular formula is C11H9N3OS. The lowest BCUT2D eigenvalue weighted by molar-refractivity contribution is 0.111. The third-order valence-electron chi connectivity index (χ3n) is 2.31. The molecule has 0 fully saturated rings. The maximum atomic E-state index is 10.9. The molecule has 0 aliphatic rings. The zero-order chi connectivity index (χ0) is 11.7. The number of thiazole rings is 1. The van der Waals surface area contributed by atoms with E-state index in [-0.39, 0.29) is 0 Å². The molecule has 0 unspecified atom stereocenters. The number of aryl methyl sites for hydroxylation is 1. The molecule has 0 atom stereocenters. The molecule has 5 heteroatoms. The van der Waals surface area contributed by atoms with Crippen LogP contribution in [0, 0.1) is 25.2 Å². The molecule has 0 spiro atoms. The highest BCUT2D eigenvalue weighted by Gasteiger charge is 2.14.